The van der Waals surface area contributed by atoms with Gasteiger partial charge in [0.25, 0.3) is 0 Å². The molecular formula is C21H23NS. The van der Waals surface area contributed by atoms with E-state index in [1.54, 1.807) is 0 Å². The standard InChI is InChI=1S/C21H23NS/c1-17(20-14-7-10-18-9-5-6-13-21(18)20)22-15-8-16-23-19-11-3-2-4-12-19/h2-7,9-14,17,22H,8,15-16H2,1H3/t17-/m1/s1. The first kappa shape index (κ1) is 16.1. The summed E-state index contributed by atoms with van der Waals surface area (Å²) in [4.78, 5) is 1.36. The van der Waals surface area contributed by atoms with Crippen LogP contribution in [0.5, 0.6) is 0 Å². The highest BCUT2D eigenvalue weighted by Crippen LogP contribution is 2.24. The van der Waals surface area contributed by atoms with Gasteiger partial charge in [-0.1, -0.05) is 60.7 Å². The molecular weight excluding hydrogens is 298 g/mol. The first-order valence-corrected chi connectivity index (χ1v) is 9.22. The van der Waals surface area contributed by atoms with Crippen molar-refractivity contribution >= 4 is 22.5 Å². The summed E-state index contributed by atoms with van der Waals surface area (Å²) in [7, 11) is 0. The van der Waals surface area contributed by atoms with Crippen molar-refractivity contribution in [3.05, 3.63) is 78.4 Å². The summed E-state index contributed by atoms with van der Waals surface area (Å²) in [5.41, 5.74) is 1.39. The normalized spacial score (nSPS) is 12.4. The molecule has 2 heteroatoms. The molecule has 0 fully saturated rings. The van der Waals surface area contributed by atoms with Crippen molar-refractivity contribution < 1.29 is 0 Å². The molecule has 0 unspecified atom stereocenters. The van der Waals surface area contributed by atoms with Crippen molar-refractivity contribution in [1.82, 2.24) is 5.32 Å². The van der Waals surface area contributed by atoms with Gasteiger partial charge in [-0.15, -0.1) is 11.8 Å². The Morgan fingerprint density at radius 2 is 1.61 bits per heavy atom. The SMILES string of the molecule is C[C@@H](NCCCSc1ccccc1)c1cccc2ccccc12. The fraction of sp³-hybridized carbons (Fsp3) is 0.238. The number of hydrogen-bond donors (Lipinski definition) is 1. The van der Waals surface area contributed by atoms with Gasteiger partial charge in [-0.2, -0.15) is 0 Å². The molecule has 3 aromatic rings. The first-order valence-electron chi connectivity index (χ1n) is 8.23. The Morgan fingerprint density at radius 3 is 2.48 bits per heavy atom. The average Bonchev–Trinajstić information content (AvgIpc) is 2.61. The molecule has 23 heavy (non-hydrogen) atoms. The van der Waals surface area contributed by atoms with Crippen LogP contribution in [0.1, 0.15) is 24.9 Å². The zero-order chi connectivity index (χ0) is 15.9. The molecule has 0 aliphatic heterocycles. The molecule has 0 heterocycles. The van der Waals surface area contributed by atoms with Crippen molar-refractivity contribution in [3.63, 3.8) is 0 Å². The Balaban J connectivity index is 1.50. The molecule has 0 aliphatic rings. The molecule has 3 rings (SSSR count). The Morgan fingerprint density at radius 1 is 0.870 bits per heavy atom. The van der Waals surface area contributed by atoms with Gasteiger partial charge in [-0.25, -0.2) is 0 Å². The van der Waals surface area contributed by atoms with Gasteiger partial charge in [0.1, 0.15) is 0 Å². The Bertz CT molecular complexity index is 734. The summed E-state index contributed by atoms with van der Waals surface area (Å²) >= 11 is 1.93. The molecule has 0 aliphatic carbocycles. The minimum absolute atomic E-state index is 0.378. The van der Waals surface area contributed by atoms with E-state index in [1.807, 2.05) is 11.8 Å². The van der Waals surface area contributed by atoms with Crippen LogP contribution < -0.4 is 5.32 Å². The lowest BCUT2D eigenvalue weighted by molar-refractivity contribution is 0.575. The summed E-state index contributed by atoms with van der Waals surface area (Å²) in [5.74, 6) is 1.15. The minimum atomic E-state index is 0.378. The summed E-state index contributed by atoms with van der Waals surface area (Å²) in [6, 6.07) is 26.2. The third-order valence-corrected chi connectivity index (χ3v) is 5.17. The summed E-state index contributed by atoms with van der Waals surface area (Å²) < 4.78 is 0. The van der Waals surface area contributed by atoms with Crippen LogP contribution in [0.3, 0.4) is 0 Å². The van der Waals surface area contributed by atoms with Crippen molar-refractivity contribution in [2.75, 3.05) is 12.3 Å². The molecule has 0 bridgehead atoms. The van der Waals surface area contributed by atoms with Gasteiger partial charge >= 0.3 is 0 Å². The van der Waals surface area contributed by atoms with Crippen molar-refractivity contribution in [3.8, 4) is 0 Å². The van der Waals surface area contributed by atoms with E-state index in [4.69, 9.17) is 0 Å². The maximum atomic E-state index is 3.66. The van der Waals surface area contributed by atoms with E-state index in [2.05, 4.69) is 85.0 Å². The summed E-state index contributed by atoms with van der Waals surface area (Å²) in [5, 5.41) is 6.34. The number of fused-ring (bicyclic) bond motifs is 1. The molecule has 0 radical (unpaired) electrons. The number of thioether (sulfide) groups is 1. The highest BCUT2D eigenvalue weighted by molar-refractivity contribution is 7.99. The van der Waals surface area contributed by atoms with Gasteiger partial charge in [-0.3, -0.25) is 0 Å². The lowest BCUT2D eigenvalue weighted by Crippen LogP contribution is -2.20. The van der Waals surface area contributed by atoms with Crippen LogP contribution in [-0.4, -0.2) is 12.3 Å². The molecule has 1 N–H and O–H groups in total. The van der Waals surface area contributed by atoms with E-state index in [-0.39, 0.29) is 0 Å². The molecule has 0 saturated carbocycles. The van der Waals surface area contributed by atoms with Gasteiger partial charge in [-0.05, 0) is 54.1 Å². The second-order valence-corrected chi connectivity index (χ2v) is 6.93. The maximum absolute atomic E-state index is 3.66. The molecule has 1 atom stereocenters. The maximum Gasteiger partial charge on any atom is 0.0297 e. The zero-order valence-electron chi connectivity index (χ0n) is 13.5. The fourth-order valence-corrected chi connectivity index (χ4v) is 3.71. The number of rotatable bonds is 7. The van der Waals surface area contributed by atoms with Crippen molar-refractivity contribution in [2.45, 2.75) is 24.3 Å². The van der Waals surface area contributed by atoms with E-state index >= 15 is 0 Å². The molecule has 0 aromatic heterocycles. The molecule has 0 spiro atoms. The molecule has 118 valence electrons. The number of benzene rings is 3. The van der Waals surface area contributed by atoms with Gasteiger partial charge in [0, 0.05) is 10.9 Å². The predicted molar refractivity (Wildman–Crippen MR) is 102 cm³/mol. The number of hydrogen-bond acceptors (Lipinski definition) is 2. The second-order valence-electron chi connectivity index (χ2n) is 5.76. The molecule has 0 amide bonds. The van der Waals surface area contributed by atoms with E-state index in [1.165, 1.54) is 27.7 Å². The average molecular weight is 321 g/mol. The smallest absolute Gasteiger partial charge is 0.0297 e. The molecule has 3 aromatic carbocycles. The van der Waals surface area contributed by atoms with E-state index < -0.39 is 0 Å². The van der Waals surface area contributed by atoms with Crippen LogP contribution in [0, 0.1) is 0 Å². The zero-order valence-corrected chi connectivity index (χ0v) is 14.4. The van der Waals surface area contributed by atoms with Crippen LogP contribution in [0.25, 0.3) is 10.8 Å². The van der Waals surface area contributed by atoms with E-state index in [0.717, 1.165) is 12.3 Å². The van der Waals surface area contributed by atoms with Gasteiger partial charge < -0.3 is 5.32 Å². The monoisotopic (exact) mass is 321 g/mol. The first-order chi connectivity index (χ1) is 11.3. The Labute approximate surface area is 143 Å². The molecule has 1 nitrogen and oxygen atoms in total. The highest BCUT2D eigenvalue weighted by Gasteiger charge is 2.08. The highest BCUT2D eigenvalue weighted by atomic mass is 32.2. The second kappa shape index (κ2) is 8.19. The summed E-state index contributed by atoms with van der Waals surface area (Å²) in [6.45, 7) is 3.30. The third-order valence-electron chi connectivity index (χ3n) is 4.07. The van der Waals surface area contributed by atoms with Gasteiger partial charge in [0.2, 0.25) is 0 Å². The fourth-order valence-electron chi connectivity index (χ4n) is 2.84. The summed E-state index contributed by atoms with van der Waals surface area (Å²) in [6.07, 6.45) is 1.18. The Kier molecular flexibility index (Phi) is 5.73. The van der Waals surface area contributed by atoms with Crippen LogP contribution in [0.15, 0.2) is 77.7 Å². The van der Waals surface area contributed by atoms with Gasteiger partial charge in [0.05, 0.1) is 0 Å². The van der Waals surface area contributed by atoms with Crippen LogP contribution in [0.2, 0.25) is 0 Å². The predicted octanol–water partition coefficient (Wildman–Crippen LogP) is 5.67. The van der Waals surface area contributed by atoms with E-state index in [0.29, 0.717) is 6.04 Å². The lowest BCUT2D eigenvalue weighted by atomic mass is 10.00. The quantitative estimate of drug-likeness (QED) is 0.444. The van der Waals surface area contributed by atoms with Crippen LogP contribution >= 0.6 is 11.8 Å². The number of nitrogens with one attached hydrogen (secondary N) is 1. The lowest BCUT2D eigenvalue weighted by Gasteiger charge is -2.16. The largest absolute Gasteiger partial charge is 0.310 e. The van der Waals surface area contributed by atoms with Crippen LogP contribution in [0.4, 0.5) is 0 Å². The third kappa shape index (κ3) is 4.37. The van der Waals surface area contributed by atoms with Crippen molar-refractivity contribution in [2.24, 2.45) is 0 Å². The van der Waals surface area contributed by atoms with Crippen molar-refractivity contribution in [1.29, 1.82) is 0 Å². The minimum Gasteiger partial charge on any atom is -0.310 e. The topological polar surface area (TPSA) is 12.0 Å². The van der Waals surface area contributed by atoms with E-state index in [9.17, 15) is 0 Å². The molecule has 0 saturated heterocycles. The van der Waals surface area contributed by atoms with Gasteiger partial charge in [0.15, 0.2) is 0 Å². The van der Waals surface area contributed by atoms with Crippen LogP contribution in [-0.2, 0) is 0 Å². The Hall–Kier alpha value is -1.77.